The van der Waals surface area contributed by atoms with Crippen molar-refractivity contribution in [1.29, 1.82) is 0 Å². The van der Waals surface area contributed by atoms with Crippen LogP contribution in [-0.4, -0.2) is 56.2 Å². The fourth-order valence-corrected chi connectivity index (χ4v) is 4.90. The predicted molar refractivity (Wildman–Crippen MR) is 128 cm³/mol. The van der Waals surface area contributed by atoms with Crippen molar-refractivity contribution in [2.75, 3.05) is 26.2 Å². The highest BCUT2D eigenvalue weighted by Crippen LogP contribution is 2.33. The molecule has 1 aromatic heterocycles. The number of benzene rings is 2. The zero-order valence-electron chi connectivity index (χ0n) is 20.0. The van der Waals surface area contributed by atoms with Gasteiger partial charge in [0.15, 0.2) is 5.82 Å². The van der Waals surface area contributed by atoms with Crippen LogP contribution in [-0.2, 0) is 5.54 Å². The molecule has 4 rings (SSSR count). The molecule has 1 aliphatic rings. The van der Waals surface area contributed by atoms with E-state index in [9.17, 15) is 0 Å². The van der Waals surface area contributed by atoms with Gasteiger partial charge in [-0.3, -0.25) is 9.80 Å². The molecule has 0 unspecified atom stereocenters. The number of hydrogen-bond donors (Lipinski definition) is 0. The molecule has 6 nitrogen and oxygen atoms in total. The molecule has 1 saturated heterocycles. The normalized spacial score (nSPS) is 17.2. The fraction of sp³-hybridized carbons (Fsp3) is 0.500. The van der Waals surface area contributed by atoms with E-state index in [0.717, 1.165) is 32.0 Å². The van der Waals surface area contributed by atoms with Crippen LogP contribution in [0.1, 0.15) is 63.7 Å². The SMILES string of the molecule is CC(C)[C@H](c1nnnn1C(C)(C)C)N1CCN(C(c2ccccc2)c2ccccc2)CC1. The summed E-state index contributed by atoms with van der Waals surface area (Å²) >= 11 is 0. The summed E-state index contributed by atoms with van der Waals surface area (Å²) in [5, 5.41) is 12.8. The average molecular weight is 433 g/mol. The standard InChI is InChI=1S/C26H36N6/c1-20(2)23(25-27-28-29-32(25)26(3,4)5)30-16-18-31(19-17-30)24(21-12-8-6-9-13-21)22-14-10-7-11-15-22/h6-15,20,23-24H,16-19H2,1-5H3/t23-/m1/s1. The van der Waals surface area contributed by atoms with Crippen LogP contribution in [0.15, 0.2) is 60.7 Å². The van der Waals surface area contributed by atoms with E-state index in [-0.39, 0.29) is 17.6 Å². The van der Waals surface area contributed by atoms with Crippen molar-refractivity contribution in [2.45, 2.75) is 52.2 Å². The van der Waals surface area contributed by atoms with Gasteiger partial charge in [-0.1, -0.05) is 74.5 Å². The Balaban J connectivity index is 1.56. The number of nitrogens with zero attached hydrogens (tertiary/aromatic N) is 6. The minimum absolute atomic E-state index is 0.139. The first kappa shape index (κ1) is 22.6. The van der Waals surface area contributed by atoms with Gasteiger partial charge in [-0.15, -0.1) is 5.10 Å². The molecule has 0 aliphatic carbocycles. The van der Waals surface area contributed by atoms with Gasteiger partial charge in [0.2, 0.25) is 0 Å². The van der Waals surface area contributed by atoms with Gasteiger partial charge >= 0.3 is 0 Å². The third kappa shape index (κ3) is 4.76. The van der Waals surface area contributed by atoms with Crippen molar-refractivity contribution in [3.8, 4) is 0 Å². The Morgan fingerprint density at radius 2 is 1.25 bits per heavy atom. The van der Waals surface area contributed by atoms with Gasteiger partial charge in [-0.25, -0.2) is 4.68 Å². The number of tetrazole rings is 1. The zero-order chi connectivity index (χ0) is 22.7. The summed E-state index contributed by atoms with van der Waals surface area (Å²) in [6.45, 7) is 15.0. The number of aromatic nitrogens is 4. The summed E-state index contributed by atoms with van der Waals surface area (Å²) < 4.78 is 2.00. The van der Waals surface area contributed by atoms with Crippen molar-refractivity contribution >= 4 is 0 Å². The van der Waals surface area contributed by atoms with Crippen molar-refractivity contribution in [3.05, 3.63) is 77.6 Å². The van der Waals surface area contributed by atoms with E-state index >= 15 is 0 Å². The van der Waals surface area contributed by atoms with Crippen LogP contribution < -0.4 is 0 Å². The Kier molecular flexibility index (Phi) is 6.72. The number of rotatable bonds is 6. The van der Waals surface area contributed by atoms with Gasteiger partial charge in [-0.05, 0) is 48.2 Å². The zero-order valence-corrected chi connectivity index (χ0v) is 20.0. The Labute approximate surface area is 192 Å². The topological polar surface area (TPSA) is 50.1 Å². The van der Waals surface area contributed by atoms with Crippen molar-refractivity contribution < 1.29 is 0 Å². The lowest BCUT2D eigenvalue weighted by atomic mass is 9.95. The van der Waals surface area contributed by atoms with E-state index in [1.54, 1.807) is 0 Å². The van der Waals surface area contributed by atoms with E-state index in [1.807, 2.05) is 4.68 Å². The Bertz CT molecular complexity index is 929. The molecule has 0 spiro atoms. The predicted octanol–water partition coefficient (Wildman–Crippen LogP) is 4.53. The molecule has 6 heteroatoms. The van der Waals surface area contributed by atoms with Crippen LogP contribution >= 0.6 is 0 Å². The molecule has 1 aliphatic heterocycles. The Morgan fingerprint density at radius 1 is 0.750 bits per heavy atom. The lowest BCUT2D eigenvalue weighted by Crippen LogP contribution is -2.50. The highest BCUT2D eigenvalue weighted by Gasteiger charge is 2.35. The molecule has 2 heterocycles. The Morgan fingerprint density at radius 3 is 1.72 bits per heavy atom. The maximum absolute atomic E-state index is 4.48. The molecule has 1 fully saturated rings. The molecule has 0 radical (unpaired) electrons. The second-order valence-electron chi connectivity index (χ2n) is 10.1. The summed E-state index contributed by atoms with van der Waals surface area (Å²) in [5.74, 6) is 1.40. The van der Waals surface area contributed by atoms with Gasteiger partial charge in [0, 0.05) is 26.2 Å². The molecule has 2 aromatic carbocycles. The quantitative estimate of drug-likeness (QED) is 0.573. The van der Waals surface area contributed by atoms with Gasteiger partial charge in [0.25, 0.3) is 0 Å². The van der Waals surface area contributed by atoms with Crippen LogP contribution in [0.5, 0.6) is 0 Å². The summed E-state index contributed by atoms with van der Waals surface area (Å²) in [7, 11) is 0. The minimum Gasteiger partial charge on any atom is -0.291 e. The molecule has 32 heavy (non-hydrogen) atoms. The van der Waals surface area contributed by atoms with Crippen LogP contribution in [0, 0.1) is 5.92 Å². The van der Waals surface area contributed by atoms with E-state index < -0.39 is 0 Å². The maximum Gasteiger partial charge on any atom is 0.169 e. The summed E-state index contributed by atoms with van der Waals surface area (Å²) in [6.07, 6.45) is 0. The minimum atomic E-state index is -0.139. The number of piperazine rings is 1. The molecule has 3 aromatic rings. The van der Waals surface area contributed by atoms with E-state index in [2.05, 4.69) is 121 Å². The third-order valence-electron chi connectivity index (χ3n) is 6.36. The Hall–Kier alpha value is -2.57. The van der Waals surface area contributed by atoms with Crippen LogP contribution in [0.3, 0.4) is 0 Å². The molecular weight excluding hydrogens is 396 g/mol. The summed E-state index contributed by atoms with van der Waals surface area (Å²) in [6, 6.07) is 22.2. The smallest absolute Gasteiger partial charge is 0.169 e. The monoisotopic (exact) mass is 432 g/mol. The average Bonchev–Trinajstić information content (AvgIpc) is 3.26. The molecule has 0 amide bonds. The van der Waals surface area contributed by atoms with Gasteiger partial charge in [0.1, 0.15) is 0 Å². The van der Waals surface area contributed by atoms with Gasteiger partial charge in [-0.2, -0.15) is 0 Å². The van der Waals surface area contributed by atoms with Gasteiger partial charge in [0.05, 0.1) is 17.6 Å². The van der Waals surface area contributed by atoms with Crippen molar-refractivity contribution in [3.63, 3.8) is 0 Å². The van der Waals surface area contributed by atoms with Crippen LogP contribution in [0.4, 0.5) is 0 Å². The first-order chi connectivity index (χ1) is 15.4. The third-order valence-corrected chi connectivity index (χ3v) is 6.36. The second-order valence-corrected chi connectivity index (χ2v) is 10.1. The number of hydrogen-bond acceptors (Lipinski definition) is 5. The highest BCUT2D eigenvalue weighted by molar-refractivity contribution is 5.32. The molecule has 1 atom stereocenters. The first-order valence-corrected chi connectivity index (χ1v) is 11.7. The highest BCUT2D eigenvalue weighted by atomic mass is 15.6. The molecule has 170 valence electrons. The molecular formula is C26H36N6. The fourth-order valence-electron chi connectivity index (χ4n) is 4.90. The molecule has 0 N–H and O–H groups in total. The molecule has 0 bridgehead atoms. The summed E-state index contributed by atoms with van der Waals surface area (Å²) in [4.78, 5) is 5.19. The largest absolute Gasteiger partial charge is 0.291 e. The second kappa shape index (κ2) is 9.51. The van der Waals surface area contributed by atoms with Gasteiger partial charge < -0.3 is 0 Å². The van der Waals surface area contributed by atoms with E-state index in [1.165, 1.54) is 11.1 Å². The lowest BCUT2D eigenvalue weighted by molar-refractivity contribution is 0.0542. The first-order valence-electron chi connectivity index (χ1n) is 11.7. The van der Waals surface area contributed by atoms with Crippen LogP contribution in [0.2, 0.25) is 0 Å². The van der Waals surface area contributed by atoms with E-state index in [0.29, 0.717) is 5.92 Å². The van der Waals surface area contributed by atoms with E-state index in [4.69, 9.17) is 0 Å². The van der Waals surface area contributed by atoms with Crippen molar-refractivity contribution in [2.24, 2.45) is 5.92 Å². The summed E-state index contributed by atoms with van der Waals surface area (Å²) in [5.41, 5.74) is 2.56. The lowest BCUT2D eigenvalue weighted by Gasteiger charge is -2.43. The maximum atomic E-state index is 4.48. The molecule has 0 saturated carbocycles. The van der Waals surface area contributed by atoms with Crippen molar-refractivity contribution in [1.82, 2.24) is 30.0 Å². The van der Waals surface area contributed by atoms with Crippen LogP contribution in [0.25, 0.3) is 0 Å².